The van der Waals surface area contributed by atoms with Crippen molar-refractivity contribution in [3.8, 4) is 12.3 Å². The standard InChI is InChI=1S/C17H16N2O/c1-4-13-9-15(11-18-10-13)17(20)19-16-7-6-14(5-2)12(3)8-16/h1,6-11H,5H2,2-3H3,(H,19,20). The van der Waals surface area contributed by atoms with Crippen LogP contribution in [0.1, 0.15) is 34.0 Å². The van der Waals surface area contributed by atoms with Crippen LogP contribution in [0, 0.1) is 19.3 Å². The average molecular weight is 264 g/mol. The first-order chi connectivity index (χ1) is 9.63. The summed E-state index contributed by atoms with van der Waals surface area (Å²) < 4.78 is 0. The molecule has 0 saturated heterocycles. The maximum atomic E-state index is 12.1. The monoisotopic (exact) mass is 264 g/mol. The van der Waals surface area contributed by atoms with Gasteiger partial charge in [-0.2, -0.15) is 0 Å². The summed E-state index contributed by atoms with van der Waals surface area (Å²) >= 11 is 0. The summed E-state index contributed by atoms with van der Waals surface area (Å²) in [5, 5.41) is 2.85. The fourth-order valence-corrected chi connectivity index (χ4v) is 2.02. The Kier molecular flexibility index (Phi) is 4.17. The largest absolute Gasteiger partial charge is 0.322 e. The van der Waals surface area contributed by atoms with Crippen molar-refractivity contribution in [1.29, 1.82) is 0 Å². The Balaban J connectivity index is 2.19. The van der Waals surface area contributed by atoms with E-state index in [2.05, 4.69) is 23.1 Å². The zero-order valence-electron chi connectivity index (χ0n) is 11.6. The zero-order chi connectivity index (χ0) is 14.5. The van der Waals surface area contributed by atoms with Crippen molar-refractivity contribution >= 4 is 11.6 Å². The van der Waals surface area contributed by atoms with Gasteiger partial charge in [-0.3, -0.25) is 9.78 Å². The first kappa shape index (κ1) is 13.8. The molecule has 0 spiro atoms. The molecular formula is C17H16N2O. The number of pyridine rings is 1. The van der Waals surface area contributed by atoms with Gasteiger partial charge in [0.2, 0.25) is 0 Å². The second-order valence-corrected chi connectivity index (χ2v) is 4.56. The van der Waals surface area contributed by atoms with E-state index >= 15 is 0 Å². The predicted molar refractivity (Wildman–Crippen MR) is 80.7 cm³/mol. The summed E-state index contributed by atoms with van der Waals surface area (Å²) in [6, 6.07) is 7.55. The van der Waals surface area contributed by atoms with Crippen LogP contribution >= 0.6 is 0 Å². The number of anilines is 1. The Labute approximate surface area is 119 Å². The molecule has 2 aromatic rings. The fourth-order valence-electron chi connectivity index (χ4n) is 2.02. The molecule has 2 rings (SSSR count). The maximum Gasteiger partial charge on any atom is 0.257 e. The lowest BCUT2D eigenvalue weighted by atomic mass is 10.1. The highest BCUT2D eigenvalue weighted by Gasteiger charge is 2.08. The molecule has 3 heteroatoms. The van der Waals surface area contributed by atoms with E-state index in [1.54, 1.807) is 12.3 Å². The number of nitrogens with zero attached hydrogens (tertiary/aromatic N) is 1. The number of rotatable bonds is 3. The number of terminal acetylenes is 1. The van der Waals surface area contributed by atoms with Gasteiger partial charge in [-0.25, -0.2) is 0 Å². The van der Waals surface area contributed by atoms with Crippen LogP contribution in [0.3, 0.4) is 0 Å². The van der Waals surface area contributed by atoms with Crippen LogP contribution in [-0.2, 0) is 6.42 Å². The number of benzene rings is 1. The molecular weight excluding hydrogens is 248 g/mol. The fraction of sp³-hybridized carbons (Fsp3) is 0.176. The Morgan fingerprint density at radius 2 is 2.15 bits per heavy atom. The van der Waals surface area contributed by atoms with E-state index in [4.69, 9.17) is 6.42 Å². The molecule has 0 atom stereocenters. The number of hydrogen-bond acceptors (Lipinski definition) is 2. The number of aryl methyl sites for hydroxylation is 2. The average Bonchev–Trinajstić information content (AvgIpc) is 2.47. The summed E-state index contributed by atoms with van der Waals surface area (Å²) in [6.07, 6.45) is 9.34. The molecule has 1 amide bonds. The Morgan fingerprint density at radius 3 is 2.80 bits per heavy atom. The van der Waals surface area contributed by atoms with E-state index in [9.17, 15) is 4.79 Å². The van der Waals surface area contributed by atoms with Crippen molar-refractivity contribution in [1.82, 2.24) is 4.98 Å². The topological polar surface area (TPSA) is 42.0 Å². The molecule has 1 N–H and O–H groups in total. The van der Waals surface area contributed by atoms with Gasteiger partial charge in [-0.05, 0) is 42.7 Å². The van der Waals surface area contributed by atoms with Crippen molar-refractivity contribution in [2.75, 3.05) is 5.32 Å². The van der Waals surface area contributed by atoms with E-state index < -0.39 is 0 Å². The van der Waals surface area contributed by atoms with Gasteiger partial charge in [0.15, 0.2) is 0 Å². The lowest BCUT2D eigenvalue weighted by Gasteiger charge is -2.08. The Morgan fingerprint density at radius 1 is 1.35 bits per heavy atom. The van der Waals surface area contributed by atoms with Gasteiger partial charge < -0.3 is 5.32 Å². The molecule has 0 saturated carbocycles. The molecule has 1 aromatic heterocycles. The van der Waals surface area contributed by atoms with Crippen molar-refractivity contribution in [2.24, 2.45) is 0 Å². The van der Waals surface area contributed by atoms with Crippen LogP contribution in [0.2, 0.25) is 0 Å². The lowest BCUT2D eigenvalue weighted by Crippen LogP contribution is -2.12. The maximum absolute atomic E-state index is 12.1. The smallest absolute Gasteiger partial charge is 0.257 e. The molecule has 20 heavy (non-hydrogen) atoms. The molecule has 0 aliphatic rings. The number of hydrogen-bond donors (Lipinski definition) is 1. The molecule has 0 fully saturated rings. The van der Waals surface area contributed by atoms with Crippen LogP contribution in [-0.4, -0.2) is 10.9 Å². The van der Waals surface area contributed by atoms with Crippen molar-refractivity contribution in [3.05, 3.63) is 58.9 Å². The Bertz CT molecular complexity index is 684. The molecule has 0 radical (unpaired) electrons. The van der Waals surface area contributed by atoms with Gasteiger partial charge in [-0.15, -0.1) is 6.42 Å². The first-order valence-corrected chi connectivity index (χ1v) is 6.46. The van der Waals surface area contributed by atoms with Crippen LogP contribution < -0.4 is 5.32 Å². The van der Waals surface area contributed by atoms with E-state index in [1.807, 2.05) is 25.1 Å². The summed E-state index contributed by atoms with van der Waals surface area (Å²) in [6.45, 7) is 4.15. The second-order valence-electron chi connectivity index (χ2n) is 4.56. The highest BCUT2D eigenvalue weighted by molar-refractivity contribution is 6.04. The van der Waals surface area contributed by atoms with Crippen LogP contribution in [0.15, 0.2) is 36.7 Å². The third kappa shape index (κ3) is 3.04. The molecule has 100 valence electrons. The molecule has 0 bridgehead atoms. The van der Waals surface area contributed by atoms with E-state index in [0.29, 0.717) is 11.1 Å². The molecule has 1 aromatic carbocycles. The van der Waals surface area contributed by atoms with E-state index in [0.717, 1.165) is 12.1 Å². The van der Waals surface area contributed by atoms with Crippen molar-refractivity contribution in [2.45, 2.75) is 20.3 Å². The highest BCUT2D eigenvalue weighted by Crippen LogP contribution is 2.16. The van der Waals surface area contributed by atoms with E-state index in [1.165, 1.54) is 17.3 Å². The summed E-state index contributed by atoms with van der Waals surface area (Å²) in [4.78, 5) is 16.1. The third-order valence-electron chi connectivity index (χ3n) is 3.15. The number of nitrogens with one attached hydrogen (secondary N) is 1. The Hall–Kier alpha value is -2.60. The first-order valence-electron chi connectivity index (χ1n) is 6.46. The minimum atomic E-state index is -0.210. The van der Waals surface area contributed by atoms with Crippen molar-refractivity contribution < 1.29 is 4.79 Å². The van der Waals surface area contributed by atoms with Gasteiger partial charge in [0.1, 0.15) is 0 Å². The highest BCUT2D eigenvalue weighted by atomic mass is 16.1. The van der Waals surface area contributed by atoms with Crippen LogP contribution in [0.25, 0.3) is 0 Å². The van der Waals surface area contributed by atoms with E-state index in [-0.39, 0.29) is 5.91 Å². The van der Waals surface area contributed by atoms with Crippen LogP contribution in [0.5, 0.6) is 0 Å². The molecule has 3 nitrogen and oxygen atoms in total. The summed E-state index contributed by atoms with van der Waals surface area (Å²) in [5.41, 5.74) is 4.27. The number of amides is 1. The molecule has 0 aliphatic heterocycles. The SMILES string of the molecule is C#Cc1cncc(C(=O)Nc2ccc(CC)c(C)c2)c1. The molecule has 0 unspecified atom stereocenters. The van der Waals surface area contributed by atoms with Gasteiger partial charge >= 0.3 is 0 Å². The normalized spacial score (nSPS) is 9.85. The molecule has 1 heterocycles. The summed E-state index contributed by atoms with van der Waals surface area (Å²) in [5.74, 6) is 2.26. The zero-order valence-corrected chi connectivity index (χ0v) is 11.6. The number of carbonyl (C=O) groups excluding carboxylic acids is 1. The lowest BCUT2D eigenvalue weighted by molar-refractivity contribution is 0.102. The van der Waals surface area contributed by atoms with Gasteiger partial charge in [0.25, 0.3) is 5.91 Å². The molecule has 0 aliphatic carbocycles. The second kappa shape index (κ2) is 6.03. The van der Waals surface area contributed by atoms with Crippen LogP contribution in [0.4, 0.5) is 5.69 Å². The summed E-state index contributed by atoms with van der Waals surface area (Å²) in [7, 11) is 0. The predicted octanol–water partition coefficient (Wildman–Crippen LogP) is 3.19. The van der Waals surface area contributed by atoms with Gasteiger partial charge in [0, 0.05) is 23.6 Å². The van der Waals surface area contributed by atoms with Gasteiger partial charge in [0.05, 0.1) is 5.56 Å². The van der Waals surface area contributed by atoms with Crippen molar-refractivity contribution in [3.63, 3.8) is 0 Å². The minimum Gasteiger partial charge on any atom is -0.322 e. The van der Waals surface area contributed by atoms with Gasteiger partial charge in [-0.1, -0.05) is 18.9 Å². The number of carbonyl (C=O) groups is 1. The minimum absolute atomic E-state index is 0.210. The quantitative estimate of drug-likeness (QED) is 0.865. The number of aromatic nitrogens is 1. The third-order valence-corrected chi connectivity index (χ3v) is 3.15.